The van der Waals surface area contributed by atoms with Crippen LogP contribution in [0.3, 0.4) is 0 Å². The van der Waals surface area contributed by atoms with Crippen molar-refractivity contribution in [2.24, 2.45) is 0 Å². The number of amides is 2. The molecule has 0 saturated carbocycles. The van der Waals surface area contributed by atoms with Crippen molar-refractivity contribution in [2.75, 3.05) is 58.7 Å². The van der Waals surface area contributed by atoms with Crippen LogP contribution in [0.2, 0.25) is 0 Å². The summed E-state index contributed by atoms with van der Waals surface area (Å²) in [7, 11) is -3.39. The smallest absolute Gasteiger partial charge is 0.409 e. The van der Waals surface area contributed by atoms with E-state index in [-0.39, 0.29) is 31.1 Å². The van der Waals surface area contributed by atoms with Crippen LogP contribution in [0.1, 0.15) is 26.2 Å². The van der Waals surface area contributed by atoms with Crippen LogP contribution in [0.4, 0.5) is 4.79 Å². The molecule has 2 amide bonds. The van der Waals surface area contributed by atoms with Crippen molar-refractivity contribution in [3.8, 4) is 0 Å². The minimum absolute atomic E-state index is 0.0899. The molecule has 0 aliphatic carbocycles. The van der Waals surface area contributed by atoms with Gasteiger partial charge in [0.05, 0.1) is 19.0 Å². The first kappa shape index (κ1) is 20.9. The molecule has 1 unspecified atom stereocenters. The molecule has 2 fully saturated rings. The molecule has 0 aromatic rings. The predicted molar refractivity (Wildman–Crippen MR) is 95.2 cm³/mol. The minimum atomic E-state index is -3.39. The maximum absolute atomic E-state index is 12.4. The second kappa shape index (κ2) is 9.52. The molecule has 1 atom stereocenters. The third-order valence-corrected chi connectivity index (χ3v) is 5.90. The van der Waals surface area contributed by atoms with E-state index in [0.29, 0.717) is 45.9 Å². The Morgan fingerprint density at radius 1 is 1.19 bits per heavy atom. The topological polar surface area (TPSA) is 96.5 Å². The summed E-state index contributed by atoms with van der Waals surface area (Å²) in [6, 6.07) is 0. The maximum atomic E-state index is 12.4. The SMILES string of the molecule is CCOC(=O)N1CCN(C(=O)CCN(CC2CCCO2)S(C)(=O)=O)CC1. The summed E-state index contributed by atoms with van der Waals surface area (Å²) in [5.74, 6) is -0.102. The highest BCUT2D eigenvalue weighted by molar-refractivity contribution is 7.88. The number of hydrogen-bond donors (Lipinski definition) is 0. The number of nitrogens with zero attached hydrogens (tertiary/aromatic N) is 3. The van der Waals surface area contributed by atoms with Crippen LogP contribution >= 0.6 is 0 Å². The van der Waals surface area contributed by atoms with Crippen molar-refractivity contribution in [1.29, 1.82) is 0 Å². The van der Waals surface area contributed by atoms with Crippen molar-refractivity contribution >= 4 is 22.0 Å². The predicted octanol–water partition coefficient (Wildman–Crippen LogP) is 0.118. The molecule has 2 saturated heterocycles. The lowest BCUT2D eigenvalue weighted by atomic mass is 10.2. The summed E-state index contributed by atoms with van der Waals surface area (Å²) in [6.07, 6.45) is 2.61. The van der Waals surface area contributed by atoms with Gasteiger partial charge in [-0.1, -0.05) is 0 Å². The van der Waals surface area contributed by atoms with Gasteiger partial charge in [-0.15, -0.1) is 0 Å². The summed E-state index contributed by atoms with van der Waals surface area (Å²) in [5.41, 5.74) is 0. The van der Waals surface area contributed by atoms with Crippen LogP contribution in [0.25, 0.3) is 0 Å². The highest BCUT2D eigenvalue weighted by Crippen LogP contribution is 2.15. The van der Waals surface area contributed by atoms with E-state index in [2.05, 4.69) is 0 Å². The fourth-order valence-corrected chi connectivity index (χ4v) is 4.00. The Labute approximate surface area is 155 Å². The normalized spacial score (nSPS) is 21.3. The number of piperazine rings is 1. The van der Waals surface area contributed by atoms with Crippen LogP contribution in [0.15, 0.2) is 0 Å². The number of ether oxygens (including phenoxy) is 2. The Morgan fingerprint density at radius 3 is 2.38 bits per heavy atom. The van der Waals surface area contributed by atoms with Gasteiger partial charge in [0.25, 0.3) is 0 Å². The molecule has 2 heterocycles. The molecular formula is C16H29N3O6S. The van der Waals surface area contributed by atoms with E-state index >= 15 is 0 Å². The first-order chi connectivity index (χ1) is 12.3. The maximum Gasteiger partial charge on any atom is 0.409 e. The van der Waals surface area contributed by atoms with Gasteiger partial charge in [-0.3, -0.25) is 4.79 Å². The van der Waals surface area contributed by atoms with Gasteiger partial charge in [-0.2, -0.15) is 4.31 Å². The minimum Gasteiger partial charge on any atom is -0.450 e. The van der Waals surface area contributed by atoms with Crippen LogP contribution in [-0.4, -0.2) is 99.4 Å². The zero-order chi connectivity index (χ0) is 19.2. The van der Waals surface area contributed by atoms with Crippen molar-refractivity contribution < 1.29 is 27.5 Å². The molecule has 150 valence electrons. The van der Waals surface area contributed by atoms with E-state index in [1.807, 2.05) is 0 Å². The van der Waals surface area contributed by atoms with E-state index in [9.17, 15) is 18.0 Å². The molecule has 0 aromatic heterocycles. The number of hydrogen-bond acceptors (Lipinski definition) is 6. The van der Waals surface area contributed by atoms with Crippen molar-refractivity contribution in [2.45, 2.75) is 32.3 Å². The van der Waals surface area contributed by atoms with Crippen LogP contribution in [0.5, 0.6) is 0 Å². The first-order valence-corrected chi connectivity index (χ1v) is 10.9. The number of carbonyl (C=O) groups is 2. The summed E-state index contributed by atoms with van der Waals surface area (Å²) in [4.78, 5) is 27.3. The van der Waals surface area contributed by atoms with Crippen molar-refractivity contribution in [3.05, 3.63) is 0 Å². The van der Waals surface area contributed by atoms with Gasteiger partial charge in [-0.05, 0) is 19.8 Å². The van der Waals surface area contributed by atoms with E-state index in [0.717, 1.165) is 19.1 Å². The van der Waals surface area contributed by atoms with E-state index in [4.69, 9.17) is 9.47 Å². The lowest BCUT2D eigenvalue weighted by Crippen LogP contribution is -2.51. The van der Waals surface area contributed by atoms with Crippen LogP contribution in [-0.2, 0) is 24.3 Å². The summed E-state index contributed by atoms with van der Waals surface area (Å²) >= 11 is 0. The number of sulfonamides is 1. The Balaban J connectivity index is 1.80. The monoisotopic (exact) mass is 391 g/mol. The molecule has 0 spiro atoms. The Kier molecular flexibility index (Phi) is 7.66. The van der Waals surface area contributed by atoms with Crippen LogP contribution < -0.4 is 0 Å². The fourth-order valence-electron chi connectivity index (χ4n) is 3.14. The lowest BCUT2D eigenvalue weighted by Gasteiger charge is -2.34. The molecule has 0 N–H and O–H groups in total. The largest absolute Gasteiger partial charge is 0.450 e. The Morgan fingerprint density at radius 2 is 1.85 bits per heavy atom. The molecule has 0 aromatic carbocycles. The Bertz CT molecular complexity index is 583. The highest BCUT2D eigenvalue weighted by Gasteiger charge is 2.28. The standard InChI is InChI=1S/C16H29N3O6S/c1-3-24-16(21)18-10-8-17(9-11-18)15(20)6-7-19(26(2,22)23)13-14-5-4-12-25-14/h14H,3-13H2,1-2H3. The quantitative estimate of drug-likeness (QED) is 0.611. The fraction of sp³-hybridized carbons (Fsp3) is 0.875. The molecule has 26 heavy (non-hydrogen) atoms. The van der Waals surface area contributed by atoms with Gasteiger partial charge in [-0.25, -0.2) is 13.2 Å². The molecule has 0 bridgehead atoms. The van der Waals surface area contributed by atoms with Gasteiger partial charge < -0.3 is 19.3 Å². The van der Waals surface area contributed by atoms with E-state index < -0.39 is 10.0 Å². The average Bonchev–Trinajstić information content (AvgIpc) is 3.11. The van der Waals surface area contributed by atoms with E-state index in [1.54, 1.807) is 16.7 Å². The zero-order valence-electron chi connectivity index (χ0n) is 15.6. The molecule has 9 nitrogen and oxygen atoms in total. The average molecular weight is 391 g/mol. The summed E-state index contributed by atoms with van der Waals surface area (Å²) < 4.78 is 35.7. The van der Waals surface area contributed by atoms with Crippen molar-refractivity contribution in [3.63, 3.8) is 0 Å². The lowest BCUT2D eigenvalue weighted by molar-refractivity contribution is -0.132. The molecular weight excluding hydrogens is 362 g/mol. The second-order valence-electron chi connectivity index (χ2n) is 6.57. The van der Waals surface area contributed by atoms with Crippen LogP contribution in [0, 0.1) is 0 Å². The highest BCUT2D eigenvalue weighted by atomic mass is 32.2. The molecule has 2 aliphatic heterocycles. The zero-order valence-corrected chi connectivity index (χ0v) is 16.4. The number of rotatable bonds is 7. The molecule has 0 radical (unpaired) electrons. The molecule has 10 heteroatoms. The third-order valence-electron chi connectivity index (χ3n) is 4.63. The van der Waals surface area contributed by atoms with Gasteiger partial charge >= 0.3 is 6.09 Å². The molecule has 2 rings (SSSR count). The summed E-state index contributed by atoms with van der Waals surface area (Å²) in [5, 5.41) is 0. The number of carbonyl (C=O) groups excluding carboxylic acids is 2. The van der Waals surface area contributed by atoms with Gasteiger partial charge in [0, 0.05) is 52.3 Å². The van der Waals surface area contributed by atoms with Gasteiger partial charge in [0.1, 0.15) is 0 Å². The van der Waals surface area contributed by atoms with Crippen molar-refractivity contribution in [1.82, 2.24) is 14.1 Å². The summed E-state index contributed by atoms with van der Waals surface area (Å²) in [6.45, 7) is 4.90. The Hall–Kier alpha value is -1.39. The molecule has 2 aliphatic rings. The van der Waals surface area contributed by atoms with Gasteiger partial charge in [0.15, 0.2) is 0 Å². The first-order valence-electron chi connectivity index (χ1n) is 9.07. The third kappa shape index (κ3) is 6.10. The van der Waals surface area contributed by atoms with Gasteiger partial charge in [0.2, 0.25) is 15.9 Å². The second-order valence-corrected chi connectivity index (χ2v) is 8.56. The van der Waals surface area contributed by atoms with E-state index in [1.165, 1.54) is 4.31 Å².